The lowest BCUT2D eigenvalue weighted by Gasteiger charge is -2.02. The van der Waals surface area contributed by atoms with Crippen LogP contribution in [0.4, 0.5) is 10.5 Å². The number of hydrogen-bond donors (Lipinski definition) is 2. The van der Waals surface area contributed by atoms with Gasteiger partial charge in [-0.3, -0.25) is 0 Å². The topological polar surface area (TPSA) is 85.8 Å². The highest BCUT2D eigenvalue weighted by Crippen LogP contribution is 2.37. The van der Waals surface area contributed by atoms with Crippen LogP contribution in [0.25, 0.3) is 10.7 Å². The molecule has 2 aromatic rings. The molecule has 3 N–H and O–H groups in total. The minimum absolute atomic E-state index is 0.603. The molecule has 0 aliphatic rings. The summed E-state index contributed by atoms with van der Waals surface area (Å²) in [5.74, 6) is 0.680. The summed E-state index contributed by atoms with van der Waals surface area (Å²) >= 11 is 4.80. The van der Waals surface area contributed by atoms with Crippen molar-refractivity contribution in [2.24, 2.45) is 12.8 Å². The molecular weight excluding hydrogens is 294 g/mol. The first-order valence-corrected chi connectivity index (χ1v) is 5.89. The standard InChI is InChI=1S/C8H8BrN5OS/c1-14-3-11-13-7(14)6-4(12-8(10)15)2-5(9)16-6/h2-3H,1H3,(H3,10,12,15). The SMILES string of the molecule is Cn1cnnc1-c1sc(Br)cc1NC(N)=O. The van der Waals surface area contributed by atoms with E-state index < -0.39 is 6.03 Å². The van der Waals surface area contributed by atoms with Crippen molar-refractivity contribution in [3.05, 3.63) is 16.2 Å². The number of aryl methyl sites for hydroxylation is 1. The number of nitrogens with one attached hydrogen (secondary N) is 1. The molecule has 2 amide bonds. The van der Waals surface area contributed by atoms with Crippen LogP contribution in [0.5, 0.6) is 0 Å². The Labute approximate surface area is 104 Å². The van der Waals surface area contributed by atoms with Gasteiger partial charge >= 0.3 is 6.03 Å². The third-order valence-electron chi connectivity index (χ3n) is 1.87. The summed E-state index contributed by atoms with van der Waals surface area (Å²) in [7, 11) is 1.83. The third-order valence-corrected chi connectivity index (χ3v) is 3.51. The Morgan fingerprint density at radius 3 is 3.00 bits per heavy atom. The number of rotatable bonds is 2. The summed E-state index contributed by atoms with van der Waals surface area (Å²) in [6.45, 7) is 0. The molecule has 0 aliphatic heterocycles. The van der Waals surface area contributed by atoms with E-state index in [0.29, 0.717) is 11.5 Å². The van der Waals surface area contributed by atoms with Crippen molar-refractivity contribution in [3.8, 4) is 10.7 Å². The van der Waals surface area contributed by atoms with Crippen molar-refractivity contribution in [3.63, 3.8) is 0 Å². The van der Waals surface area contributed by atoms with Gasteiger partial charge in [0.15, 0.2) is 5.82 Å². The summed E-state index contributed by atoms with van der Waals surface area (Å²) in [6, 6.07) is 1.17. The van der Waals surface area contributed by atoms with E-state index in [1.165, 1.54) is 11.3 Å². The minimum Gasteiger partial charge on any atom is -0.351 e. The van der Waals surface area contributed by atoms with Crippen molar-refractivity contribution in [2.45, 2.75) is 0 Å². The smallest absolute Gasteiger partial charge is 0.316 e. The Hall–Kier alpha value is -1.41. The van der Waals surface area contributed by atoms with Crippen molar-refractivity contribution in [1.29, 1.82) is 0 Å². The zero-order valence-corrected chi connectivity index (χ0v) is 10.7. The predicted molar refractivity (Wildman–Crippen MR) is 65.2 cm³/mol. The number of halogens is 1. The number of nitrogens with zero attached hydrogens (tertiary/aromatic N) is 3. The van der Waals surface area contributed by atoms with Crippen LogP contribution in [0.1, 0.15) is 0 Å². The number of carbonyl (C=O) groups excluding carboxylic acids is 1. The van der Waals surface area contributed by atoms with E-state index in [1.807, 2.05) is 7.05 Å². The molecule has 2 heterocycles. The number of anilines is 1. The second-order valence-corrected chi connectivity index (χ2v) is 5.48. The van der Waals surface area contributed by atoms with Gasteiger partial charge in [0.1, 0.15) is 6.33 Å². The van der Waals surface area contributed by atoms with Crippen LogP contribution >= 0.6 is 27.3 Å². The lowest BCUT2D eigenvalue weighted by molar-refractivity contribution is 0.259. The number of urea groups is 1. The largest absolute Gasteiger partial charge is 0.351 e. The van der Waals surface area contributed by atoms with Gasteiger partial charge in [-0.15, -0.1) is 21.5 Å². The number of nitrogens with two attached hydrogens (primary N) is 1. The summed E-state index contributed by atoms with van der Waals surface area (Å²) in [5.41, 5.74) is 5.72. The first-order valence-electron chi connectivity index (χ1n) is 4.28. The van der Waals surface area contributed by atoms with Gasteiger partial charge in [-0.2, -0.15) is 0 Å². The number of carbonyl (C=O) groups is 1. The minimum atomic E-state index is -0.603. The maximum absolute atomic E-state index is 10.8. The molecule has 8 heteroatoms. The highest BCUT2D eigenvalue weighted by Gasteiger charge is 2.15. The molecule has 84 valence electrons. The first kappa shape index (κ1) is 11.1. The van der Waals surface area contributed by atoms with Gasteiger partial charge in [0.25, 0.3) is 0 Å². The molecule has 2 aromatic heterocycles. The van der Waals surface area contributed by atoms with E-state index in [1.54, 1.807) is 17.0 Å². The average Bonchev–Trinajstić information content (AvgIpc) is 2.71. The monoisotopic (exact) mass is 301 g/mol. The van der Waals surface area contributed by atoms with Crippen LogP contribution in [0, 0.1) is 0 Å². The highest BCUT2D eigenvalue weighted by molar-refractivity contribution is 9.11. The van der Waals surface area contributed by atoms with E-state index >= 15 is 0 Å². The van der Waals surface area contributed by atoms with E-state index in [4.69, 9.17) is 5.73 Å². The van der Waals surface area contributed by atoms with Gasteiger partial charge in [0.05, 0.1) is 14.4 Å². The highest BCUT2D eigenvalue weighted by atomic mass is 79.9. The van der Waals surface area contributed by atoms with Gasteiger partial charge < -0.3 is 15.6 Å². The molecule has 6 nitrogen and oxygen atoms in total. The van der Waals surface area contributed by atoms with E-state index in [-0.39, 0.29) is 0 Å². The Balaban J connectivity index is 2.48. The summed E-state index contributed by atoms with van der Waals surface area (Å²) < 4.78 is 2.65. The van der Waals surface area contributed by atoms with Gasteiger partial charge in [0.2, 0.25) is 0 Å². The van der Waals surface area contributed by atoms with Gasteiger partial charge in [-0.1, -0.05) is 0 Å². The number of aromatic nitrogens is 3. The molecule has 0 aliphatic carbocycles. The number of hydrogen-bond acceptors (Lipinski definition) is 4. The summed E-state index contributed by atoms with van der Waals surface area (Å²) in [5, 5.41) is 10.3. The van der Waals surface area contributed by atoms with Crippen LogP contribution in [0.15, 0.2) is 16.2 Å². The Morgan fingerprint density at radius 1 is 1.69 bits per heavy atom. The fraction of sp³-hybridized carbons (Fsp3) is 0.125. The van der Waals surface area contributed by atoms with E-state index in [0.717, 1.165) is 8.66 Å². The van der Waals surface area contributed by atoms with Crippen LogP contribution in [-0.2, 0) is 7.05 Å². The molecule has 0 radical (unpaired) electrons. The lowest BCUT2D eigenvalue weighted by atomic mass is 10.3. The molecule has 0 bridgehead atoms. The van der Waals surface area contributed by atoms with Gasteiger partial charge in [-0.25, -0.2) is 4.79 Å². The Morgan fingerprint density at radius 2 is 2.44 bits per heavy atom. The van der Waals surface area contributed by atoms with Crippen molar-refractivity contribution >= 4 is 39.0 Å². The zero-order chi connectivity index (χ0) is 11.7. The van der Waals surface area contributed by atoms with Gasteiger partial charge in [-0.05, 0) is 22.0 Å². The molecule has 0 spiro atoms. The molecule has 16 heavy (non-hydrogen) atoms. The Bertz CT molecular complexity index is 534. The number of thiophene rings is 1. The molecule has 0 fully saturated rings. The molecule has 0 saturated heterocycles. The molecule has 0 atom stereocenters. The van der Waals surface area contributed by atoms with Crippen molar-refractivity contribution < 1.29 is 4.79 Å². The fourth-order valence-electron chi connectivity index (χ4n) is 1.24. The average molecular weight is 302 g/mol. The van der Waals surface area contributed by atoms with E-state index in [9.17, 15) is 4.79 Å². The van der Waals surface area contributed by atoms with Crippen LogP contribution < -0.4 is 11.1 Å². The Kier molecular flexibility index (Phi) is 2.92. The second kappa shape index (κ2) is 4.22. The fourth-order valence-corrected chi connectivity index (χ4v) is 2.82. The third kappa shape index (κ3) is 2.07. The molecular formula is C8H8BrN5OS. The van der Waals surface area contributed by atoms with E-state index in [2.05, 4.69) is 31.4 Å². The zero-order valence-electron chi connectivity index (χ0n) is 8.27. The summed E-state index contributed by atoms with van der Waals surface area (Å²) in [4.78, 5) is 11.7. The number of amides is 2. The predicted octanol–water partition coefficient (Wildman–Crippen LogP) is 1.80. The van der Waals surface area contributed by atoms with Crippen LogP contribution in [-0.4, -0.2) is 20.8 Å². The maximum atomic E-state index is 10.8. The second-order valence-electron chi connectivity index (χ2n) is 3.05. The normalized spacial score (nSPS) is 10.4. The van der Waals surface area contributed by atoms with Crippen LogP contribution in [0.3, 0.4) is 0 Å². The van der Waals surface area contributed by atoms with Crippen molar-refractivity contribution in [1.82, 2.24) is 14.8 Å². The van der Waals surface area contributed by atoms with Crippen LogP contribution in [0.2, 0.25) is 0 Å². The van der Waals surface area contributed by atoms with Crippen molar-refractivity contribution in [2.75, 3.05) is 5.32 Å². The lowest BCUT2D eigenvalue weighted by Crippen LogP contribution is -2.19. The quantitative estimate of drug-likeness (QED) is 0.887. The number of primary amides is 1. The first-order chi connectivity index (χ1) is 7.58. The summed E-state index contributed by atoms with van der Waals surface area (Å²) in [6.07, 6.45) is 1.59. The molecule has 2 rings (SSSR count). The molecule has 0 unspecified atom stereocenters. The van der Waals surface area contributed by atoms with Gasteiger partial charge in [0, 0.05) is 7.05 Å². The molecule has 0 saturated carbocycles. The maximum Gasteiger partial charge on any atom is 0.316 e. The molecule has 0 aromatic carbocycles.